The Labute approximate surface area is 95.3 Å². The predicted octanol–water partition coefficient (Wildman–Crippen LogP) is 1.09. The summed E-state index contributed by atoms with van der Waals surface area (Å²) in [4.78, 5) is 22.2. The number of aliphatic hydroxyl groups excluding tert-OH is 1. The van der Waals surface area contributed by atoms with Crippen LogP contribution in [0.3, 0.4) is 0 Å². The number of carboxylic acid groups (broad SMARTS) is 1. The van der Waals surface area contributed by atoms with Gasteiger partial charge in [0, 0.05) is 0 Å². The number of Topliss-reactive ketones (excluding diaryl/α,β-unsaturated/α-hetero) is 1. The fourth-order valence-corrected chi connectivity index (χ4v) is 1.52. The van der Waals surface area contributed by atoms with Crippen LogP contribution in [-0.2, 0) is 15.1 Å². The van der Waals surface area contributed by atoms with Crippen molar-refractivity contribution >= 4 is 11.9 Å². The van der Waals surface area contributed by atoms with Crippen LogP contribution >= 0.6 is 0 Å². The Morgan fingerprint density at radius 3 is 2.76 bits per heavy atom. The van der Waals surface area contributed by atoms with E-state index in [9.17, 15) is 14.7 Å². The zero-order chi connectivity index (χ0) is 12.6. The lowest BCUT2D eigenvalue weighted by molar-refractivity contribution is -0.133. The number of carbonyl (C=O) groups is 2. The lowest BCUT2D eigenvalue weighted by atomic mass is 9.98. The van der Waals surface area contributed by atoms with Crippen molar-refractivity contribution in [2.75, 3.05) is 0 Å². The molecule has 0 aliphatic carbocycles. The minimum atomic E-state index is -1.55. The smallest absolute Gasteiger partial charge is 0.411 e. The molecule has 0 saturated heterocycles. The maximum atomic E-state index is 11.8. The van der Waals surface area contributed by atoms with Gasteiger partial charge in [-0.15, -0.1) is 0 Å². The molecule has 1 aliphatic heterocycles. The van der Waals surface area contributed by atoms with Crippen molar-refractivity contribution in [2.45, 2.75) is 12.5 Å². The topological polar surface area (TPSA) is 109 Å². The van der Waals surface area contributed by atoms with Gasteiger partial charge in [-0.25, -0.2) is 4.79 Å². The Kier molecular flexibility index (Phi) is 2.31. The maximum absolute atomic E-state index is 11.8. The monoisotopic (exact) mass is 239 g/mol. The highest BCUT2D eigenvalue weighted by Crippen LogP contribution is 2.36. The minimum Gasteiger partial charge on any atom is -0.501 e. The number of ether oxygens (including phenoxy) is 1. The van der Waals surface area contributed by atoms with Crippen molar-refractivity contribution in [3.05, 3.63) is 35.8 Å². The number of furan rings is 1. The molecule has 0 aromatic carbocycles. The first-order chi connectivity index (χ1) is 7.95. The van der Waals surface area contributed by atoms with Crippen LogP contribution in [0.15, 0.2) is 34.5 Å². The van der Waals surface area contributed by atoms with E-state index < -0.39 is 29.1 Å². The number of nitrogens with one attached hydrogen (secondary N) is 1. The molecule has 1 aromatic rings. The average Bonchev–Trinajstić information content (AvgIpc) is 2.84. The van der Waals surface area contributed by atoms with Crippen molar-refractivity contribution in [3.8, 4) is 0 Å². The molecule has 7 heteroatoms. The van der Waals surface area contributed by atoms with Gasteiger partial charge in [0.2, 0.25) is 17.2 Å². The van der Waals surface area contributed by atoms with Gasteiger partial charge in [0.1, 0.15) is 0 Å². The van der Waals surface area contributed by atoms with E-state index in [1.54, 1.807) is 11.4 Å². The highest BCUT2D eigenvalue weighted by Gasteiger charge is 2.50. The van der Waals surface area contributed by atoms with Crippen LogP contribution in [0.1, 0.15) is 12.7 Å². The molecule has 0 bridgehead atoms. The fraction of sp³-hybridized carbons (Fsp3) is 0.200. The fourth-order valence-electron chi connectivity index (χ4n) is 1.52. The highest BCUT2D eigenvalue weighted by molar-refractivity contribution is 6.02. The highest BCUT2D eigenvalue weighted by atomic mass is 16.6. The molecule has 0 spiro atoms. The zero-order valence-electron chi connectivity index (χ0n) is 8.76. The number of ketones is 1. The van der Waals surface area contributed by atoms with Crippen LogP contribution < -0.4 is 5.32 Å². The third-order valence-corrected chi connectivity index (χ3v) is 2.38. The van der Waals surface area contributed by atoms with Gasteiger partial charge in [0.05, 0.1) is 6.26 Å². The lowest BCUT2D eigenvalue weighted by Gasteiger charge is -2.19. The van der Waals surface area contributed by atoms with E-state index in [-0.39, 0.29) is 5.76 Å². The quantitative estimate of drug-likeness (QED) is 0.712. The number of hydrogen-bond acceptors (Lipinski definition) is 5. The van der Waals surface area contributed by atoms with Gasteiger partial charge < -0.3 is 19.4 Å². The van der Waals surface area contributed by atoms with Crippen molar-refractivity contribution < 1.29 is 29.0 Å². The van der Waals surface area contributed by atoms with Gasteiger partial charge in [0.25, 0.3) is 5.78 Å². The molecule has 2 rings (SSSR count). The molecule has 7 nitrogen and oxygen atoms in total. The van der Waals surface area contributed by atoms with Crippen LogP contribution in [0.5, 0.6) is 0 Å². The SMILES string of the molecule is CC1(c2ccco2)OC(NC(=O)O)=C(O)C1=O. The van der Waals surface area contributed by atoms with Gasteiger partial charge in [-0.2, -0.15) is 0 Å². The first kappa shape index (κ1) is 11.1. The summed E-state index contributed by atoms with van der Waals surface area (Å²) in [5.41, 5.74) is -1.55. The third-order valence-electron chi connectivity index (χ3n) is 2.38. The Bertz CT molecular complexity index is 503. The molecule has 0 saturated carbocycles. The van der Waals surface area contributed by atoms with E-state index in [4.69, 9.17) is 14.3 Å². The predicted molar refractivity (Wildman–Crippen MR) is 53.0 cm³/mol. The second-order valence-electron chi connectivity index (χ2n) is 3.55. The van der Waals surface area contributed by atoms with E-state index in [2.05, 4.69) is 0 Å². The number of carbonyl (C=O) groups excluding carboxylic acids is 1. The van der Waals surface area contributed by atoms with Crippen LogP contribution in [0.2, 0.25) is 0 Å². The molecule has 1 unspecified atom stereocenters. The van der Waals surface area contributed by atoms with E-state index in [1.807, 2.05) is 0 Å². The molecule has 0 radical (unpaired) electrons. The van der Waals surface area contributed by atoms with Crippen molar-refractivity contribution in [2.24, 2.45) is 0 Å². The number of rotatable bonds is 2. The Morgan fingerprint density at radius 2 is 2.24 bits per heavy atom. The molecule has 90 valence electrons. The summed E-state index contributed by atoms with van der Waals surface area (Å²) in [5, 5.41) is 19.8. The molecule has 0 fully saturated rings. The van der Waals surface area contributed by atoms with Crippen molar-refractivity contribution in [1.29, 1.82) is 0 Å². The largest absolute Gasteiger partial charge is 0.501 e. The number of aliphatic hydroxyl groups is 1. The molecule has 1 aromatic heterocycles. The molecule has 1 aliphatic rings. The van der Waals surface area contributed by atoms with E-state index in [0.29, 0.717) is 0 Å². The summed E-state index contributed by atoms with van der Waals surface area (Å²) in [6.07, 6.45) is -0.0975. The first-order valence-electron chi connectivity index (χ1n) is 4.66. The summed E-state index contributed by atoms with van der Waals surface area (Å²) in [5.74, 6) is -1.86. The summed E-state index contributed by atoms with van der Waals surface area (Å²) >= 11 is 0. The van der Waals surface area contributed by atoms with Gasteiger partial charge in [-0.3, -0.25) is 10.1 Å². The second-order valence-corrected chi connectivity index (χ2v) is 3.55. The minimum absolute atomic E-state index is 0.177. The second kappa shape index (κ2) is 3.55. The Hall–Kier alpha value is -2.44. The summed E-state index contributed by atoms with van der Waals surface area (Å²) in [6, 6.07) is 3.05. The maximum Gasteiger partial charge on any atom is 0.411 e. The van der Waals surface area contributed by atoms with Crippen LogP contribution in [0.4, 0.5) is 4.79 Å². The number of amides is 1. The third kappa shape index (κ3) is 1.61. The first-order valence-corrected chi connectivity index (χ1v) is 4.66. The van der Waals surface area contributed by atoms with Gasteiger partial charge >= 0.3 is 6.09 Å². The van der Waals surface area contributed by atoms with Gasteiger partial charge in [-0.05, 0) is 19.1 Å². The molecule has 17 heavy (non-hydrogen) atoms. The molecular formula is C10H9NO6. The molecular weight excluding hydrogens is 230 g/mol. The van der Waals surface area contributed by atoms with E-state index in [1.165, 1.54) is 19.3 Å². The standard InChI is InChI=1S/C10H9NO6/c1-10(5-3-2-4-16-5)7(13)6(12)8(17-10)11-9(14)15/h2-4,11-12H,1H3,(H,14,15). The molecule has 3 N–H and O–H groups in total. The Balaban J connectivity index is 2.34. The lowest BCUT2D eigenvalue weighted by Crippen LogP contribution is -2.31. The molecule has 1 amide bonds. The van der Waals surface area contributed by atoms with Gasteiger partial charge in [-0.1, -0.05) is 0 Å². The summed E-state index contributed by atoms with van der Waals surface area (Å²) < 4.78 is 10.2. The van der Waals surface area contributed by atoms with Crippen LogP contribution in [0, 0.1) is 0 Å². The normalized spacial score (nSPS) is 23.7. The summed E-state index contributed by atoms with van der Waals surface area (Å²) in [7, 11) is 0. The molecule has 2 heterocycles. The number of hydrogen-bond donors (Lipinski definition) is 3. The van der Waals surface area contributed by atoms with Gasteiger partial charge in [0.15, 0.2) is 5.76 Å². The van der Waals surface area contributed by atoms with Crippen molar-refractivity contribution in [3.63, 3.8) is 0 Å². The summed E-state index contributed by atoms with van der Waals surface area (Å²) in [6.45, 7) is 1.38. The van der Waals surface area contributed by atoms with E-state index in [0.717, 1.165) is 0 Å². The van der Waals surface area contributed by atoms with Crippen LogP contribution in [0.25, 0.3) is 0 Å². The van der Waals surface area contributed by atoms with Crippen LogP contribution in [-0.4, -0.2) is 22.1 Å². The van der Waals surface area contributed by atoms with Crippen molar-refractivity contribution in [1.82, 2.24) is 5.32 Å². The molecule has 1 atom stereocenters. The van der Waals surface area contributed by atoms with E-state index >= 15 is 0 Å². The average molecular weight is 239 g/mol. The zero-order valence-corrected chi connectivity index (χ0v) is 8.76. The Morgan fingerprint density at radius 1 is 1.53 bits per heavy atom.